The van der Waals surface area contributed by atoms with Crippen LogP contribution in [0.25, 0.3) is 11.0 Å². The third-order valence-electron chi connectivity index (χ3n) is 3.50. The fraction of sp³-hybridized carbons (Fsp3) is 0.118. The first-order valence-electron chi connectivity index (χ1n) is 7.07. The molecular formula is C17H13N3O3S. The van der Waals surface area contributed by atoms with Crippen LogP contribution >= 0.6 is 0 Å². The fourth-order valence-electron chi connectivity index (χ4n) is 2.34. The molecule has 1 heterocycles. The lowest BCUT2D eigenvalue weighted by molar-refractivity contribution is 0.392. The molecule has 7 heteroatoms. The van der Waals surface area contributed by atoms with Gasteiger partial charge in [-0.1, -0.05) is 30.3 Å². The first-order valence-corrected chi connectivity index (χ1v) is 8.62. The minimum absolute atomic E-state index is 0.0115. The lowest BCUT2D eigenvalue weighted by Crippen LogP contribution is -2.15. The molecule has 0 saturated carbocycles. The van der Waals surface area contributed by atoms with E-state index in [1.165, 1.54) is 19.2 Å². The van der Waals surface area contributed by atoms with Gasteiger partial charge in [-0.25, -0.2) is 18.4 Å². The van der Waals surface area contributed by atoms with Gasteiger partial charge in [-0.05, 0) is 24.3 Å². The molecule has 120 valence electrons. The van der Waals surface area contributed by atoms with Crippen molar-refractivity contribution in [3.8, 4) is 11.9 Å². The molecule has 0 amide bonds. The van der Waals surface area contributed by atoms with Gasteiger partial charge in [0.25, 0.3) is 0 Å². The lowest BCUT2D eigenvalue weighted by Gasteiger charge is -2.14. The summed E-state index contributed by atoms with van der Waals surface area (Å²) in [7, 11) is -2.58. The lowest BCUT2D eigenvalue weighted by atomic mass is 10.2. The van der Waals surface area contributed by atoms with E-state index >= 15 is 0 Å². The summed E-state index contributed by atoms with van der Waals surface area (Å²) >= 11 is 0. The zero-order valence-electron chi connectivity index (χ0n) is 12.7. The van der Waals surface area contributed by atoms with E-state index in [0.717, 1.165) is 0 Å². The first-order chi connectivity index (χ1) is 11.6. The highest BCUT2D eigenvalue weighted by Gasteiger charge is 2.33. The van der Waals surface area contributed by atoms with Gasteiger partial charge in [0.2, 0.25) is 15.7 Å². The molecule has 6 nitrogen and oxygen atoms in total. The molecule has 1 atom stereocenters. The second-order valence-electron chi connectivity index (χ2n) is 4.97. The fourth-order valence-corrected chi connectivity index (χ4v) is 3.74. The molecule has 1 aromatic heterocycles. The topological polar surface area (TPSA) is 92.9 Å². The Kier molecular flexibility index (Phi) is 4.15. The summed E-state index contributed by atoms with van der Waals surface area (Å²) < 4.78 is 30.8. The Bertz CT molecular complexity index is 1030. The van der Waals surface area contributed by atoms with Gasteiger partial charge in [-0.3, -0.25) is 0 Å². The average Bonchev–Trinajstić information content (AvgIpc) is 2.62. The molecule has 0 fully saturated rings. The molecule has 24 heavy (non-hydrogen) atoms. The summed E-state index contributed by atoms with van der Waals surface area (Å²) in [5.41, 5.74) is 1.05. The zero-order valence-corrected chi connectivity index (χ0v) is 13.6. The molecule has 0 saturated heterocycles. The second-order valence-corrected chi connectivity index (χ2v) is 7.01. The zero-order chi connectivity index (χ0) is 17.2. The predicted octanol–water partition coefficient (Wildman–Crippen LogP) is 2.68. The maximum Gasteiger partial charge on any atom is 0.238 e. The van der Waals surface area contributed by atoms with Crippen LogP contribution < -0.4 is 4.74 Å². The van der Waals surface area contributed by atoms with Crippen molar-refractivity contribution in [3.05, 3.63) is 60.3 Å². The SMILES string of the molecule is COc1nc2ccccc2nc1C(C#N)S(=O)(=O)c1ccccc1. The number of hydrogen-bond donors (Lipinski definition) is 0. The predicted molar refractivity (Wildman–Crippen MR) is 88.1 cm³/mol. The summed E-state index contributed by atoms with van der Waals surface area (Å²) in [5.74, 6) is 0.0276. The van der Waals surface area contributed by atoms with Crippen LogP contribution in [0, 0.1) is 11.3 Å². The summed E-state index contributed by atoms with van der Waals surface area (Å²) in [6.45, 7) is 0. The van der Waals surface area contributed by atoms with E-state index < -0.39 is 15.1 Å². The number of fused-ring (bicyclic) bond motifs is 1. The third-order valence-corrected chi connectivity index (χ3v) is 5.38. The van der Waals surface area contributed by atoms with Gasteiger partial charge in [0.15, 0.2) is 5.25 Å². The van der Waals surface area contributed by atoms with Crippen molar-refractivity contribution in [1.82, 2.24) is 9.97 Å². The number of ether oxygens (including phenoxy) is 1. The Morgan fingerprint density at radius 1 is 1.00 bits per heavy atom. The minimum Gasteiger partial charge on any atom is -0.480 e. The summed E-state index contributed by atoms with van der Waals surface area (Å²) in [5, 5.41) is 8.01. The number of rotatable bonds is 4. The Morgan fingerprint density at radius 2 is 1.58 bits per heavy atom. The van der Waals surface area contributed by atoms with Crippen molar-refractivity contribution in [2.45, 2.75) is 10.1 Å². The maximum absolute atomic E-state index is 12.8. The van der Waals surface area contributed by atoms with Crippen molar-refractivity contribution in [2.24, 2.45) is 0 Å². The van der Waals surface area contributed by atoms with Gasteiger partial charge in [0.05, 0.1) is 29.1 Å². The number of methoxy groups -OCH3 is 1. The Morgan fingerprint density at radius 3 is 2.17 bits per heavy atom. The van der Waals surface area contributed by atoms with Crippen molar-refractivity contribution >= 4 is 20.9 Å². The molecule has 0 bridgehead atoms. The Labute approximate surface area is 139 Å². The molecule has 0 N–H and O–H groups in total. The number of nitriles is 1. The Balaban J connectivity index is 2.22. The summed E-state index contributed by atoms with van der Waals surface area (Å²) in [4.78, 5) is 8.64. The molecule has 3 aromatic rings. The molecule has 0 aliphatic rings. The molecule has 3 rings (SSSR count). The number of hydrogen-bond acceptors (Lipinski definition) is 6. The van der Waals surface area contributed by atoms with E-state index in [2.05, 4.69) is 9.97 Å². The average molecular weight is 339 g/mol. The van der Waals surface area contributed by atoms with Crippen molar-refractivity contribution in [2.75, 3.05) is 7.11 Å². The van der Waals surface area contributed by atoms with Crippen LogP contribution in [-0.2, 0) is 9.84 Å². The highest BCUT2D eigenvalue weighted by Crippen LogP contribution is 2.32. The molecule has 1 unspecified atom stereocenters. The normalized spacial score (nSPS) is 12.5. The van der Waals surface area contributed by atoms with Crippen LogP contribution in [0.2, 0.25) is 0 Å². The Hall–Kier alpha value is -2.98. The van der Waals surface area contributed by atoms with Crippen molar-refractivity contribution in [1.29, 1.82) is 5.26 Å². The standard InChI is InChI=1S/C17H13N3O3S/c1-23-17-16(19-13-9-5-6-10-14(13)20-17)15(11-18)24(21,22)12-7-3-2-4-8-12/h2-10,15H,1H3. The minimum atomic E-state index is -3.95. The highest BCUT2D eigenvalue weighted by atomic mass is 32.2. The summed E-state index contributed by atoms with van der Waals surface area (Å²) in [6, 6.07) is 16.6. The van der Waals surface area contributed by atoms with E-state index in [0.29, 0.717) is 11.0 Å². The molecule has 0 aliphatic heterocycles. The van der Waals surface area contributed by atoms with Crippen LogP contribution in [0.5, 0.6) is 5.88 Å². The van der Waals surface area contributed by atoms with Gasteiger partial charge < -0.3 is 4.74 Å². The van der Waals surface area contributed by atoms with E-state index in [4.69, 9.17) is 4.74 Å². The van der Waals surface area contributed by atoms with Crippen LogP contribution in [0.1, 0.15) is 10.9 Å². The smallest absolute Gasteiger partial charge is 0.238 e. The van der Waals surface area contributed by atoms with Crippen molar-refractivity contribution < 1.29 is 13.2 Å². The number of nitrogens with zero attached hydrogens (tertiary/aromatic N) is 3. The quantitative estimate of drug-likeness (QED) is 0.725. The third kappa shape index (κ3) is 2.68. The number of aromatic nitrogens is 2. The number of benzene rings is 2. The molecule has 0 aliphatic carbocycles. The van der Waals surface area contributed by atoms with E-state index in [9.17, 15) is 13.7 Å². The number of sulfone groups is 1. The van der Waals surface area contributed by atoms with Crippen LogP contribution in [0.4, 0.5) is 0 Å². The molecular weight excluding hydrogens is 326 g/mol. The van der Waals surface area contributed by atoms with E-state index in [1.54, 1.807) is 42.5 Å². The first kappa shape index (κ1) is 15.9. The van der Waals surface area contributed by atoms with E-state index in [1.807, 2.05) is 6.07 Å². The molecule has 0 spiro atoms. The van der Waals surface area contributed by atoms with Gasteiger partial charge in [0.1, 0.15) is 5.69 Å². The summed E-state index contributed by atoms with van der Waals surface area (Å²) in [6.07, 6.45) is 0. The van der Waals surface area contributed by atoms with Gasteiger partial charge in [-0.2, -0.15) is 5.26 Å². The molecule has 2 aromatic carbocycles. The molecule has 0 radical (unpaired) electrons. The largest absolute Gasteiger partial charge is 0.480 e. The van der Waals surface area contributed by atoms with Gasteiger partial charge in [-0.15, -0.1) is 0 Å². The maximum atomic E-state index is 12.8. The van der Waals surface area contributed by atoms with Crippen molar-refractivity contribution in [3.63, 3.8) is 0 Å². The number of para-hydroxylation sites is 2. The van der Waals surface area contributed by atoms with Gasteiger partial charge in [0, 0.05) is 0 Å². The van der Waals surface area contributed by atoms with Crippen LogP contribution in [-0.4, -0.2) is 25.5 Å². The second kappa shape index (κ2) is 6.26. The van der Waals surface area contributed by atoms with Gasteiger partial charge >= 0.3 is 0 Å². The van der Waals surface area contributed by atoms with Crippen LogP contribution in [0.15, 0.2) is 59.5 Å². The van der Waals surface area contributed by atoms with Crippen LogP contribution in [0.3, 0.4) is 0 Å². The van der Waals surface area contributed by atoms with E-state index in [-0.39, 0.29) is 16.5 Å². The highest BCUT2D eigenvalue weighted by molar-refractivity contribution is 7.92. The monoisotopic (exact) mass is 339 g/mol.